The molecule has 2 N–H and O–H groups in total. The minimum absolute atomic E-state index is 0.351. The van der Waals surface area contributed by atoms with Crippen LogP contribution in [0.2, 0.25) is 0 Å². The van der Waals surface area contributed by atoms with Crippen molar-refractivity contribution in [3.63, 3.8) is 0 Å². The molecule has 0 amide bonds. The summed E-state index contributed by atoms with van der Waals surface area (Å²) in [5, 5.41) is 1.01. The Morgan fingerprint density at radius 1 is 1.16 bits per heavy atom. The number of nitrogen functional groups attached to an aromatic ring is 1. The Bertz CT molecular complexity index is 881. The molecule has 1 aromatic carbocycles. The molecular weight excluding hydrogens is 314 g/mol. The highest BCUT2D eigenvalue weighted by atomic mass is 16.5. The maximum Gasteiger partial charge on any atom is 0.248 e. The second-order valence-electron chi connectivity index (χ2n) is 6.07. The van der Waals surface area contributed by atoms with Gasteiger partial charge >= 0.3 is 0 Å². The van der Waals surface area contributed by atoms with Crippen molar-refractivity contribution in [3.05, 3.63) is 42.4 Å². The largest absolute Gasteiger partial charge is 0.435 e. The van der Waals surface area contributed by atoms with E-state index in [0.29, 0.717) is 23.1 Å². The molecule has 0 saturated heterocycles. The van der Waals surface area contributed by atoms with E-state index in [9.17, 15) is 0 Å². The Morgan fingerprint density at radius 2 is 2.00 bits per heavy atom. The molecule has 130 valence electrons. The maximum absolute atomic E-state index is 6.27. The first-order chi connectivity index (χ1) is 12.1. The minimum atomic E-state index is 0.351. The average molecular weight is 337 g/mol. The molecule has 0 saturated carbocycles. The third-order valence-corrected chi connectivity index (χ3v) is 4.06. The Balaban J connectivity index is 1.95. The van der Waals surface area contributed by atoms with Crippen molar-refractivity contribution < 1.29 is 4.74 Å². The van der Waals surface area contributed by atoms with Gasteiger partial charge in [-0.1, -0.05) is 31.5 Å². The van der Waals surface area contributed by atoms with Crippen LogP contribution in [0.4, 0.5) is 11.5 Å². The van der Waals surface area contributed by atoms with Gasteiger partial charge in [-0.2, -0.15) is 4.98 Å². The number of aryl methyl sites for hydroxylation is 1. The highest BCUT2D eigenvalue weighted by Gasteiger charge is 2.15. The summed E-state index contributed by atoms with van der Waals surface area (Å²) in [6.45, 7) is 4.99. The van der Waals surface area contributed by atoms with Crippen LogP contribution in [0.15, 0.2) is 36.7 Å². The molecular formula is C19H23N5O. The number of fused-ring (bicyclic) bond motifs is 1. The summed E-state index contributed by atoms with van der Waals surface area (Å²) in [4.78, 5) is 15.1. The molecule has 0 aliphatic carbocycles. The number of rotatable bonds is 6. The average Bonchev–Trinajstić information content (AvgIpc) is 2.62. The van der Waals surface area contributed by atoms with Gasteiger partial charge in [0, 0.05) is 24.7 Å². The Morgan fingerprint density at radius 3 is 2.80 bits per heavy atom. The van der Waals surface area contributed by atoms with Gasteiger partial charge in [-0.25, -0.2) is 9.97 Å². The minimum Gasteiger partial charge on any atom is -0.435 e. The number of hydrogen-bond donors (Lipinski definition) is 1. The number of para-hydroxylation sites is 1. The first kappa shape index (κ1) is 17.0. The topological polar surface area (TPSA) is 77.2 Å². The van der Waals surface area contributed by atoms with Crippen LogP contribution in [0.3, 0.4) is 0 Å². The number of aromatic nitrogens is 3. The van der Waals surface area contributed by atoms with Crippen molar-refractivity contribution >= 4 is 22.4 Å². The molecule has 25 heavy (non-hydrogen) atoms. The lowest BCUT2D eigenvalue weighted by molar-refractivity contribution is 0.468. The SMILES string of the molecule is CCCCN(C)c1ncnc(Oc2cccc3ccc(C)nc23)c1N. The highest BCUT2D eigenvalue weighted by Crippen LogP contribution is 2.33. The summed E-state index contributed by atoms with van der Waals surface area (Å²) < 4.78 is 6.01. The van der Waals surface area contributed by atoms with Gasteiger partial charge in [0.1, 0.15) is 17.5 Å². The van der Waals surface area contributed by atoms with Crippen LogP contribution in [-0.2, 0) is 0 Å². The molecule has 3 rings (SSSR count). The lowest BCUT2D eigenvalue weighted by Gasteiger charge is -2.20. The van der Waals surface area contributed by atoms with E-state index in [4.69, 9.17) is 10.5 Å². The Kier molecular flexibility index (Phi) is 4.97. The van der Waals surface area contributed by atoms with Gasteiger partial charge in [-0.05, 0) is 25.5 Å². The van der Waals surface area contributed by atoms with Gasteiger partial charge in [-0.3, -0.25) is 0 Å². The number of unbranched alkanes of at least 4 members (excludes halogenated alkanes) is 1. The molecule has 0 aliphatic rings. The van der Waals surface area contributed by atoms with Crippen LogP contribution >= 0.6 is 0 Å². The van der Waals surface area contributed by atoms with E-state index in [2.05, 4.69) is 21.9 Å². The van der Waals surface area contributed by atoms with Crippen molar-refractivity contribution in [1.29, 1.82) is 0 Å². The molecule has 3 aromatic rings. The summed E-state index contributed by atoms with van der Waals surface area (Å²) in [5.74, 6) is 1.67. The number of anilines is 2. The van der Waals surface area contributed by atoms with Crippen molar-refractivity contribution in [3.8, 4) is 11.6 Å². The molecule has 2 heterocycles. The fourth-order valence-corrected chi connectivity index (χ4v) is 2.66. The summed E-state index contributed by atoms with van der Waals surface area (Å²) in [5.41, 5.74) is 8.42. The molecule has 0 atom stereocenters. The van der Waals surface area contributed by atoms with Crippen LogP contribution in [-0.4, -0.2) is 28.5 Å². The van der Waals surface area contributed by atoms with Gasteiger partial charge in [0.05, 0.1) is 0 Å². The number of nitrogens with zero attached hydrogens (tertiary/aromatic N) is 4. The zero-order valence-electron chi connectivity index (χ0n) is 14.9. The first-order valence-electron chi connectivity index (χ1n) is 8.46. The quantitative estimate of drug-likeness (QED) is 0.734. The van der Waals surface area contributed by atoms with Crippen LogP contribution < -0.4 is 15.4 Å². The van der Waals surface area contributed by atoms with E-state index in [1.54, 1.807) is 0 Å². The van der Waals surface area contributed by atoms with Gasteiger partial charge in [0.15, 0.2) is 11.6 Å². The molecule has 0 unspecified atom stereocenters. The molecule has 0 fully saturated rings. The lowest BCUT2D eigenvalue weighted by Crippen LogP contribution is -2.21. The van der Waals surface area contributed by atoms with Crippen LogP contribution in [0.25, 0.3) is 10.9 Å². The van der Waals surface area contributed by atoms with Crippen LogP contribution in [0.1, 0.15) is 25.5 Å². The van der Waals surface area contributed by atoms with Gasteiger partial charge in [-0.15, -0.1) is 0 Å². The molecule has 2 aromatic heterocycles. The molecule has 6 nitrogen and oxygen atoms in total. The van der Waals surface area contributed by atoms with E-state index in [-0.39, 0.29) is 0 Å². The van der Waals surface area contributed by atoms with Gasteiger partial charge in [0.2, 0.25) is 5.88 Å². The summed E-state index contributed by atoms with van der Waals surface area (Å²) >= 11 is 0. The normalized spacial score (nSPS) is 10.8. The van der Waals surface area contributed by atoms with Crippen molar-refractivity contribution in [1.82, 2.24) is 15.0 Å². The third-order valence-electron chi connectivity index (χ3n) is 4.06. The van der Waals surface area contributed by atoms with Crippen molar-refractivity contribution in [2.75, 3.05) is 24.2 Å². The van der Waals surface area contributed by atoms with Crippen molar-refractivity contribution in [2.45, 2.75) is 26.7 Å². The first-order valence-corrected chi connectivity index (χ1v) is 8.46. The maximum atomic E-state index is 6.27. The standard InChI is InChI=1S/C19H23N5O/c1-4-5-11-24(3)18-16(20)19(22-12-21-18)25-15-8-6-7-14-10-9-13(2)23-17(14)15/h6-10,12H,4-5,11,20H2,1-3H3. The predicted molar refractivity (Wildman–Crippen MR) is 101 cm³/mol. The van der Waals surface area contributed by atoms with Gasteiger partial charge in [0.25, 0.3) is 0 Å². The molecule has 6 heteroatoms. The van der Waals surface area contributed by atoms with E-state index >= 15 is 0 Å². The van der Waals surface area contributed by atoms with Crippen molar-refractivity contribution in [2.24, 2.45) is 0 Å². The third kappa shape index (κ3) is 3.63. The Labute approximate surface area is 147 Å². The monoisotopic (exact) mass is 337 g/mol. The molecule has 0 aliphatic heterocycles. The molecule has 0 bridgehead atoms. The zero-order chi connectivity index (χ0) is 17.8. The van der Waals surface area contributed by atoms with E-state index < -0.39 is 0 Å². The van der Waals surface area contributed by atoms with E-state index in [1.165, 1.54) is 6.33 Å². The fraction of sp³-hybridized carbons (Fsp3) is 0.316. The summed E-state index contributed by atoms with van der Waals surface area (Å²) in [6.07, 6.45) is 3.66. The van der Waals surface area contributed by atoms with Crippen LogP contribution in [0, 0.1) is 6.92 Å². The number of ether oxygens (including phenoxy) is 1. The molecule has 0 spiro atoms. The molecule has 0 radical (unpaired) electrons. The number of pyridine rings is 1. The highest BCUT2D eigenvalue weighted by molar-refractivity contribution is 5.85. The summed E-state index contributed by atoms with van der Waals surface area (Å²) in [6, 6.07) is 9.81. The number of hydrogen-bond acceptors (Lipinski definition) is 6. The van der Waals surface area contributed by atoms with E-state index in [0.717, 1.165) is 36.0 Å². The smallest absolute Gasteiger partial charge is 0.248 e. The second-order valence-corrected chi connectivity index (χ2v) is 6.07. The van der Waals surface area contributed by atoms with Crippen LogP contribution in [0.5, 0.6) is 11.6 Å². The fourth-order valence-electron chi connectivity index (χ4n) is 2.66. The van der Waals surface area contributed by atoms with Gasteiger partial charge < -0.3 is 15.4 Å². The Hall–Kier alpha value is -2.89. The summed E-state index contributed by atoms with van der Waals surface area (Å²) in [7, 11) is 1.97. The zero-order valence-corrected chi connectivity index (χ0v) is 14.9. The van der Waals surface area contributed by atoms with E-state index in [1.807, 2.05) is 49.2 Å². The lowest BCUT2D eigenvalue weighted by atomic mass is 10.2. The number of nitrogens with two attached hydrogens (primary N) is 1. The second kappa shape index (κ2) is 7.34. The predicted octanol–water partition coefficient (Wildman–Crippen LogP) is 3.94. The number of benzene rings is 1.